The normalized spacial score (nSPS) is 11.9. The second-order valence-corrected chi connectivity index (χ2v) is 16.9. The summed E-state index contributed by atoms with van der Waals surface area (Å²) in [5.41, 5.74) is 0. The minimum Gasteiger partial charge on any atom is -0.462 e. The van der Waals surface area contributed by atoms with Crippen molar-refractivity contribution in [2.45, 2.75) is 271 Å². The van der Waals surface area contributed by atoms with Gasteiger partial charge in [0, 0.05) is 19.3 Å². The lowest BCUT2D eigenvalue weighted by Crippen LogP contribution is -2.30. The predicted molar refractivity (Wildman–Crippen MR) is 229 cm³/mol. The lowest BCUT2D eigenvalue weighted by atomic mass is 10.0. The van der Waals surface area contributed by atoms with E-state index in [-0.39, 0.29) is 31.1 Å². The van der Waals surface area contributed by atoms with Gasteiger partial charge >= 0.3 is 17.9 Å². The Balaban J connectivity index is 4.15. The van der Waals surface area contributed by atoms with E-state index in [0.29, 0.717) is 19.3 Å². The molecule has 0 heterocycles. The molecule has 0 saturated heterocycles. The first-order chi connectivity index (χ1) is 26.4. The number of rotatable bonds is 43. The molecule has 0 N–H and O–H groups in total. The van der Waals surface area contributed by atoms with Gasteiger partial charge in [-0.2, -0.15) is 0 Å². The van der Waals surface area contributed by atoms with Gasteiger partial charge in [-0.3, -0.25) is 14.4 Å². The number of ether oxygens (including phenoxy) is 3. The molecule has 0 aliphatic rings. The number of hydrogen-bond acceptors (Lipinski definition) is 6. The Morgan fingerprint density at radius 1 is 0.352 bits per heavy atom. The van der Waals surface area contributed by atoms with E-state index in [9.17, 15) is 14.4 Å². The van der Waals surface area contributed by atoms with Crippen molar-refractivity contribution in [1.29, 1.82) is 0 Å². The highest BCUT2D eigenvalue weighted by atomic mass is 16.6. The Kier molecular flexibility index (Phi) is 41.3. The van der Waals surface area contributed by atoms with Crippen molar-refractivity contribution in [3.05, 3.63) is 0 Å². The average Bonchev–Trinajstić information content (AvgIpc) is 3.15. The van der Waals surface area contributed by atoms with E-state index in [4.69, 9.17) is 14.2 Å². The van der Waals surface area contributed by atoms with Gasteiger partial charge in [-0.25, -0.2) is 0 Å². The third-order valence-corrected chi connectivity index (χ3v) is 10.8. The molecule has 0 aromatic heterocycles. The van der Waals surface area contributed by atoms with Crippen LogP contribution in [0.25, 0.3) is 0 Å². The highest BCUT2D eigenvalue weighted by Gasteiger charge is 2.19. The van der Waals surface area contributed by atoms with Crippen LogP contribution in [0.2, 0.25) is 0 Å². The first kappa shape index (κ1) is 52.4. The van der Waals surface area contributed by atoms with Gasteiger partial charge in [-0.1, -0.05) is 227 Å². The number of unbranched alkanes of at least 4 members (excludes halogenated alkanes) is 30. The van der Waals surface area contributed by atoms with Gasteiger partial charge in [0.1, 0.15) is 13.2 Å². The Hall–Kier alpha value is -1.59. The smallest absolute Gasteiger partial charge is 0.306 e. The summed E-state index contributed by atoms with van der Waals surface area (Å²) in [7, 11) is 0. The number of carbonyl (C=O) groups excluding carboxylic acids is 3. The lowest BCUT2D eigenvalue weighted by Gasteiger charge is -2.18. The van der Waals surface area contributed by atoms with Gasteiger partial charge < -0.3 is 14.2 Å². The van der Waals surface area contributed by atoms with Gasteiger partial charge in [0.2, 0.25) is 0 Å². The maximum absolute atomic E-state index is 12.7. The van der Waals surface area contributed by atoms with Crippen LogP contribution in [0.3, 0.4) is 0 Å². The van der Waals surface area contributed by atoms with Crippen LogP contribution in [-0.4, -0.2) is 37.2 Å². The first-order valence-electron chi connectivity index (χ1n) is 23.9. The van der Waals surface area contributed by atoms with Crippen molar-refractivity contribution < 1.29 is 28.6 Å². The third-order valence-electron chi connectivity index (χ3n) is 10.8. The van der Waals surface area contributed by atoms with E-state index < -0.39 is 6.10 Å². The summed E-state index contributed by atoms with van der Waals surface area (Å²) in [5.74, 6) is -0.0323. The minimum atomic E-state index is -0.758. The Morgan fingerprint density at radius 3 is 0.907 bits per heavy atom. The summed E-state index contributed by atoms with van der Waals surface area (Å²) in [4.78, 5) is 37.5. The predicted octanol–water partition coefficient (Wildman–Crippen LogP) is 15.1. The maximum atomic E-state index is 12.7. The molecule has 0 saturated carbocycles. The molecular weight excluding hydrogens is 673 g/mol. The first-order valence-corrected chi connectivity index (χ1v) is 23.9. The molecule has 0 bridgehead atoms. The summed E-state index contributed by atoms with van der Waals surface area (Å²) < 4.78 is 16.6. The van der Waals surface area contributed by atoms with E-state index in [1.165, 1.54) is 154 Å². The highest BCUT2D eigenvalue weighted by Crippen LogP contribution is 2.17. The summed E-state index contributed by atoms with van der Waals surface area (Å²) >= 11 is 0. The van der Waals surface area contributed by atoms with Gasteiger partial charge in [0.25, 0.3) is 0 Å². The maximum Gasteiger partial charge on any atom is 0.306 e. The van der Waals surface area contributed by atoms with Crippen LogP contribution in [0.15, 0.2) is 0 Å². The standard InChI is InChI=1S/C48H92O6/c1-5-7-9-11-12-13-14-15-16-17-18-22-25-28-32-36-40-47(50)53-43-45(42-52-46(49)39-35-30-10-8-6-2)54-48(51)41-37-33-29-26-23-20-19-21-24-27-31-34-38-44(3)4/h44-45H,5-43H2,1-4H3/t45-/m1/s1. The van der Waals surface area contributed by atoms with E-state index >= 15 is 0 Å². The van der Waals surface area contributed by atoms with Crippen molar-refractivity contribution in [3.8, 4) is 0 Å². The largest absolute Gasteiger partial charge is 0.462 e. The van der Waals surface area contributed by atoms with E-state index in [2.05, 4.69) is 27.7 Å². The van der Waals surface area contributed by atoms with Crippen molar-refractivity contribution in [2.24, 2.45) is 5.92 Å². The fourth-order valence-electron chi connectivity index (χ4n) is 7.16. The molecule has 0 radical (unpaired) electrons. The molecule has 6 nitrogen and oxygen atoms in total. The molecule has 320 valence electrons. The molecule has 0 aromatic carbocycles. The third kappa shape index (κ3) is 41.6. The number of carbonyl (C=O) groups is 3. The molecule has 0 spiro atoms. The van der Waals surface area contributed by atoms with Crippen molar-refractivity contribution in [2.75, 3.05) is 13.2 Å². The molecular formula is C48H92O6. The topological polar surface area (TPSA) is 78.9 Å². The summed E-state index contributed by atoms with van der Waals surface area (Å²) in [6.07, 6.45) is 42.6. The average molecular weight is 765 g/mol. The number of esters is 3. The van der Waals surface area contributed by atoms with E-state index in [0.717, 1.165) is 70.1 Å². The number of hydrogen-bond donors (Lipinski definition) is 0. The summed E-state index contributed by atoms with van der Waals surface area (Å²) in [5, 5.41) is 0. The van der Waals surface area contributed by atoms with Crippen molar-refractivity contribution in [3.63, 3.8) is 0 Å². The van der Waals surface area contributed by atoms with Gasteiger partial charge in [-0.05, 0) is 25.2 Å². The molecule has 6 heteroatoms. The van der Waals surface area contributed by atoms with Crippen molar-refractivity contribution in [1.82, 2.24) is 0 Å². The SMILES string of the molecule is CCCCCCCCCCCCCCCCCCC(=O)OC[C@@H](COC(=O)CCCCCCC)OC(=O)CCCCCCCCCCCCCCC(C)C. The van der Waals surface area contributed by atoms with Gasteiger partial charge in [0.05, 0.1) is 0 Å². The quantitative estimate of drug-likeness (QED) is 0.0349. The lowest BCUT2D eigenvalue weighted by molar-refractivity contribution is -0.167. The van der Waals surface area contributed by atoms with Crippen LogP contribution in [0, 0.1) is 5.92 Å². The summed E-state index contributed by atoms with van der Waals surface area (Å²) in [6, 6.07) is 0. The van der Waals surface area contributed by atoms with Crippen LogP contribution in [0.1, 0.15) is 265 Å². The monoisotopic (exact) mass is 765 g/mol. The molecule has 0 fully saturated rings. The Morgan fingerprint density at radius 2 is 0.611 bits per heavy atom. The highest BCUT2D eigenvalue weighted by molar-refractivity contribution is 5.71. The van der Waals surface area contributed by atoms with Gasteiger partial charge in [0.15, 0.2) is 6.10 Å². The Labute approximate surface area is 336 Å². The summed E-state index contributed by atoms with van der Waals surface area (Å²) in [6.45, 7) is 8.93. The fraction of sp³-hybridized carbons (Fsp3) is 0.938. The zero-order valence-corrected chi connectivity index (χ0v) is 36.7. The zero-order chi connectivity index (χ0) is 39.6. The second kappa shape index (κ2) is 42.6. The van der Waals surface area contributed by atoms with Crippen molar-refractivity contribution >= 4 is 17.9 Å². The van der Waals surface area contributed by atoms with Crippen LogP contribution in [0.5, 0.6) is 0 Å². The van der Waals surface area contributed by atoms with E-state index in [1.807, 2.05) is 0 Å². The van der Waals surface area contributed by atoms with Gasteiger partial charge in [-0.15, -0.1) is 0 Å². The zero-order valence-electron chi connectivity index (χ0n) is 36.7. The molecule has 0 aliphatic carbocycles. The molecule has 0 aliphatic heterocycles. The molecule has 0 amide bonds. The van der Waals surface area contributed by atoms with Crippen LogP contribution < -0.4 is 0 Å². The molecule has 0 aromatic rings. The fourth-order valence-corrected chi connectivity index (χ4v) is 7.16. The molecule has 0 unspecified atom stereocenters. The van der Waals surface area contributed by atoms with Crippen LogP contribution in [-0.2, 0) is 28.6 Å². The molecule has 0 rings (SSSR count). The van der Waals surface area contributed by atoms with Crippen LogP contribution >= 0.6 is 0 Å². The molecule has 54 heavy (non-hydrogen) atoms. The molecule has 1 atom stereocenters. The minimum absolute atomic E-state index is 0.0643. The Bertz CT molecular complexity index is 811. The van der Waals surface area contributed by atoms with E-state index in [1.54, 1.807) is 0 Å². The van der Waals surface area contributed by atoms with Crippen LogP contribution in [0.4, 0.5) is 0 Å². The second-order valence-electron chi connectivity index (χ2n) is 16.9.